The van der Waals surface area contributed by atoms with Crippen LogP contribution in [-0.4, -0.2) is 106 Å². The van der Waals surface area contributed by atoms with Crippen LogP contribution in [0.25, 0.3) is 0 Å². The van der Waals surface area contributed by atoms with Crippen molar-refractivity contribution >= 4 is 35.2 Å². The van der Waals surface area contributed by atoms with E-state index in [9.17, 15) is 29.7 Å². The predicted molar refractivity (Wildman–Crippen MR) is 305 cm³/mol. The lowest BCUT2D eigenvalue weighted by atomic mass is 9.78. The quantitative estimate of drug-likeness (QED) is 0.0632. The number of aryl methyl sites for hydroxylation is 3. The second-order valence-electron chi connectivity index (χ2n) is 25.6. The Labute approximate surface area is 454 Å². The van der Waals surface area contributed by atoms with E-state index in [1.54, 1.807) is 0 Å². The average molecular weight is 1080 g/mol. The lowest BCUT2D eigenvalue weighted by molar-refractivity contribution is -0.138. The predicted octanol–water partition coefficient (Wildman–Crippen LogP) is 11.6. The highest BCUT2D eigenvalue weighted by atomic mass is 32.1. The van der Waals surface area contributed by atoms with Crippen molar-refractivity contribution in [3.05, 3.63) is 86.5 Å². The molecule has 0 amide bonds. The molecule has 3 aromatic rings. The molecule has 0 aliphatic carbocycles. The van der Waals surface area contributed by atoms with Crippen LogP contribution in [-0.2, 0) is 66.1 Å². The summed E-state index contributed by atoms with van der Waals surface area (Å²) in [6, 6.07) is 11.6. The lowest BCUT2D eigenvalue weighted by Crippen LogP contribution is -2.37. The molecule has 0 bridgehead atoms. The van der Waals surface area contributed by atoms with Gasteiger partial charge in [0.2, 0.25) is 0 Å². The first-order valence-electron chi connectivity index (χ1n) is 25.7. The van der Waals surface area contributed by atoms with Gasteiger partial charge in [-0.25, -0.2) is 0 Å². The maximum absolute atomic E-state index is 10.8. The molecule has 15 heteroatoms. The molecule has 11 N–H and O–H groups in total. The highest BCUT2D eigenvalue weighted by molar-refractivity contribution is 7.80. The fraction of sp³-hybridized carbons (Fsp3) is 0.633. The molecule has 0 aliphatic rings. The van der Waals surface area contributed by atoms with Crippen LogP contribution in [0.1, 0.15) is 214 Å². The van der Waals surface area contributed by atoms with Gasteiger partial charge in [0.25, 0.3) is 0 Å². The number of aromatic hydroxyl groups is 3. The molecule has 0 atom stereocenters. The number of carboxylic acid groups (broad SMARTS) is 3. The van der Waals surface area contributed by atoms with Crippen LogP contribution in [0.3, 0.4) is 0 Å². The zero-order chi connectivity index (χ0) is 59.5. The van der Waals surface area contributed by atoms with Gasteiger partial charge in [0.05, 0.1) is 31.8 Å². The number of hydrogen-bond acceptors (Lipinski definition) is 11. The highest BCUT2D eigenvalue weighted by Gasteiger charge is 2.30. The van der Waals surface area contributed by atoms with Crippen molar-refractivity contribution in [2.24, 2.45) is 5.41 Å². The van der Waals surface area contributed by atoms with Gasteiger partial charge in [0, 0.05) is 25.7 Å². The normalized spacial score (nSPS) is 12.1. The summed E-state index contributed by atoms with van der Waals surface area (Å²) in [5.41, 5.74) is 6.02. The van der Waals surface area contributed by atoms with Crippen LogP contribution in [0.2, 0.25) is 0 Å². The third kappa shape index (κ3) is 26.2. The smallest absolute Gasteiger partial charge is 0.303 e. The number of phenols is 3. The molecule has 0 unspecified atom stereocenters. The van der Waals surface area contributed by atoms with E-state index in [4.69, 9.17) is 40.9 Å². The van der Waals surface area contributed by atoms with Gasteiger partial charge in [-0.05, 0) is 120 Å². The van der Waals surface area contributed by atoms with Crippen molar-refractivity contribution in [3.63, 3.8) is 0 Å². The highest BCUT2D eigenvalue weighted by Crippen LogP contribution is 2.42. The van der Waals surface area contributed by atoms with Gasteiger partial charge in [-0.15, -0.1) is 0 Å². The number of aliphatic hydroxyl groups is 5. The SMILES string of the molecule is CC(C)(C)c1cc(CCC(=O)O)cc(C(C)(C)C)c1O.CC(C)(C)c1cc(CCC(=O)O)cc(C(C)(C)C)c1O.CC(C)(C)c1cc(CCC(=O)O)cc(C(C)(C)C)c1O.CCCC(O)=S.OCC(CO)(CO)CO. The Kier molecular flexibility index (Phi) is 29.1. The standard InChI is InChI=1S/3C17H26O3.C5H12O4.C4H8OS/c3*1-16(2,3)12-9-11(7-8-14(18)19)10-13(15(12)20)17(4,5)6;6-1-5(2-7,3-8)4-9;1-2-3-4(5)6/h3*9-10,20H,7-8H2,1-6H3,(H,18,19);6-9H,1-4H2;2-3H2,1H3,(H,5,6). The number of carboxylic acids is 3. The zero-order valence-electron chi connectivity index (χ0n) is 49.0. The number of benzene rings is 3. The Morgan fingerprint density at radius 3 is 0.627 bits per heavy atom. The minimum absolute atomic E-state index is 0.109. The van der Waals surface area contributed by atoms with E-state index >= 15 is 0 Å². The van der Waals surface area contributed by atoms with Crippen molar-refractivity contribution in [1.29, 1.82) is 0 Å². The Morgan fingerprint density at radius 2 is 0.547 bits per heavy atom. The molecule has 0 spiro atoms. The molecule has 14 nitrogen and oxygen atoms in total. The number of rotatable bonds is 15. The van der Waals surface area contributed by atoms with Gasteiger partial charge in [-0.3, -0.25) is 14.4 Å². The van der Waals surface area contributed by atoms with E-state index in [-0.39, 0.29) is 56.8 Å². The molecule has 75 heavy (non-hydrogen) atoms. The molecule has 0 saturated heterocycles. The number of thiocarbonyl (C=S) groups is 1. The van der Waals surface area contributed by atoms with Crippen molar-refractivity contribution in [2.75, 3.05) is 26.4 Å². The summed E-state index contributed by atoms with van der Waals surface area (Å²) in [7, 11) is 0. The second kappa shape index (κ2) is 30.2. The lowest BCUT2D eigenvalue weighted by Gasteiger charge is -2.28. The fourth-order valence-electron chi connectivity index (χ4n) is 7.21. The molecule has 0 aromatic heterocycles. The van der Waals surface area contributed by atoms with E-state index in [0.717, 1.165) is 56.5 Å². The van der Waals surface area contributed by atoms with E-state index in [0.29, 0.717) is 42.9 Å². The maximum Gasteiger partial charge on any atom is 0.303 e. The molecule has 0 fully saturated rings. The van der Waals surface area contributed by atoms with E-state index in [2.05, 4.69) is 137 Å². The molecule has 0 heterocycles. The van der Waals surface area contributed by atoms with Gasteiger partial charge in [0.1, 0.15) is 17.2 Å². The Balaban J connectivity index is 0. The van der Waals surface area contributed by atoms with Gasteiger partial charge < -0.3 is 56.2 Å². The van der Waals surface area contributed by atoms with Gasteiger partial charge in [-0.2, -0.15) is 0 Å². The van der Waals surface area contributed by atoms with E-state index in [1.165, 1.54) is 0 Å². The summed E-state index contributed by atoms with van der Waals surface area (Å²) in [4.78, 5) is 32.3. The minimum Gasteiger partial charge on any atom is -0.507 e. The maximum atomic E-state index is 10.8. The monoisotopic (exact) mass is 1070 g/mol. The van der Waals surface area contributed by atoms with Crippen LogP contribution in [0, 0.1) is 5.41 Å². The van der Waals surface area contributed by atoms with Crippen molar-refractivity contribution in [2.45, 2.75) is 215 Å². The third-order valence-corrected chi connectivity index (χ3v) is 12.2. The fourth-order valence-corrected chi connectivity index (χ4v) is 7.42. The summed E-state index contributed by atoms with van der Waals surface area (Å²) in [6.07, 6.45) is 3.39. The summed E-state index contributed by atoms with van der Waals surface area (Å²) >= 11 is 4.35. The van der Waals surface area contributed by atoms with Gasteiger partial charge >= 0.3 is 17.9 Å². The molecule has 0 saturated carbocycles. The molecule has 0 radical (unpaired) electrons. The van der Waals surface area contributed by atoms with Crippen LogP contribution in [0.15, 0.2) is 36.4 Å². The molecule has 0 aliphatic heterocycles. The summed E-state index contributed by atoms with van der Waals surface area (Å²) in [6.45, 7) is 37.3. The Morgan fingerprint density at radius 1 is 0.373 bits per heavy atom. The van der Waals surface area contributed by atoms with Crippen molar-refractivity contribution in [1.82, 2.24) is 0 Å². The molecular weight excluding hydrogens is 977 g/mol. The second-order valence-corrected chi connectivity index (χ2v) is 26.0. The number of carbonyl (C=O) groups is 3. The molecule has 3 rings (SSSR count). The zero-order valence-corrected chi connectivity index (χ0v) is 49.8. The molecular formula is C60H98O14S. The van der Waals surface area contributed by atoms with Crippen LogP contribution < -0.4 is 0 Å². The largest absolute Gasteiger partial charge is 0.507 e. The van der Waals surface area contributed by atoms with E-state index in [1.807, 2.05) is 43.3 Å². The topological polar surface area (TPSA) is 274 Å². The van der Waals surface area contributed by atoms with Crippen LogP contribution in [0.4, 0.5) is 0 Å². The summed E-state index contributed by atoms with van der Waals surface area (Å²) in [5, 5.41) is 101. The van der Waals surface area contributed by atoms with Gasteiger partial charge in [-0.1, -0.05) is 168 Å². The minimum atomic E-state index is -1.11. The third-order valence-electron chi connectivity index (χ3n) is 12.0. The first kappa shape index (κ1) is 72.3. The average Bonchev–Trinajstić information content (AvgIpc) is 3.24. The summed E-state index contributed by atoms with van der Waals surface area (Å²) in [5.74, 6) is -1.38. The number of phenolic OH excluding ortho intramolecular Hbond substituents is 3. The van der Waals surface area contributed by atoms with Crippen molar-refractivity contribution in [3.8, 4) is 17.2 Å². The number of hydrogen-bond donors (Lipinski definition) is 11. The van der Waals surface area contributed by atoms with Crippen molar-refractivity contribution < 1.29 is 70.6 Å². The van der Waals surface area contributed by atoms with Gasteiger partial charge in [0.15, 0.2) is 5.05 Å². The number of aliphatic hydroxyl groups excluding tert-OH is 5. The molecule has 3 aromatic carbocycles. The van der Waals surface area contributed by atoms with E-state index < -0.39 is 49.8 Å². The molecule has 428 valence electrons. The van der Waals surface area contributed by atoms with Crippen LogP contribution in [0.5, 0.6) is 17.2 Å². The summed E-state index contributed by atoms with van der Waals surface area (Å²) < 4.78 is 0. The Bertz CT molecular complexity index is 1940. The first-order chi connectivity index (χ1) is 33.8. The first-order valence-corrected chi connectivity index (χ1v) is 26.1. The van der Waals surface area contributed by atoms with Crippen LogP contribution >= 0.6 is 12.2 Å². The number of aliphatic carboxylic acids is 3. The Hall–Kier alpha value is -4.80.